The summed E-state index contributed by atoms with van der Waals surface area (Å²) in [5, 5.41) is 0. The van der Waals surface area contributed by atoms with Gasteiger partial charge in [-0.15, -0.1) is 11.6 Å². The van der Waals surface area contributed by atoms with Crippen LogP contribution in [0.15, 0.2) is 12.2 Å². The number of hydrogen-bond acceptors (Lipinski definition) is 3. The molecule has 0 aromatic rings. The molecule has 5 heteroatoms. The Labute approximate surface area is 78.4 Å². The first-order valence-electron chi connectivity index (χ1n) is 3.50. The fraction of sp³-hybridized carbons (Fsp3) is 0.571. The predicted octanol–water partition coefficient (Wildman–Crippen LogP) is 2.02. The van der Waals surface area contributed by atoms with E-state index in [0.717, 1.165) is 0 Å². The maximum atomic E-state index is 10.8. The summed E-state index contributed by atoms with van der Waals surface area (Å²) in [5.74, 6) is -0.541. The fourth-order valence-electron chi connectivity index (χ4n) is 0.244. The van der Waals surface area contributed by atoms with Crippen LogP contribution >= 0.6 is 11.6 Å². The molecule has 0 N–H and O–H groups in total. The van der Waals surface area contributed by atoms with Crippen LogP contribution in [-0.2, 0) is 14.3 Å². The van der Waals surface area contributed by atoms with Crippen molar-refractivity contribution < 1.29 is 14.3 Å². The molecule has 0 fully saturated rings. The van der Waals surface area contributed by atoms with Gasteiger partial charge in [-0.3, -0.25) is 0 Å². The highest BCUT2D eigenvalue weighted by Crippen LogP contribution is 2.07. The van der Waals surface area contributed by atoms with Gasteiger partial charge in [0, 0.05) is 11.1 Å². The minimum atomic E-state index is -2.00. The van der Waals surface area contributed by atoms with E-state index >= 15 is 0 Å². The minimum absolute atomic E-state index is 0.314. The van der Waals surface area contributed by atoms with Gasteiger partial charge in [0.15, 0.2) is 0 Å². The lowest BCUT2D eigenvalue weighted by atomic mass is 10.4. The first-order chi connectivity index (χ1) is 5.39. The van der Waals surface area contributed by atoms with Crippen LogP contribution in [0.1, 0.15) is 6.92 Å². The number of halogens is 1. The van der Waals surface area contributed by atoms with Gasteiger partial charge in [0.2, 0.25) is 0 Å². The summed E-state index contributed by atoms with van der Waals surface area (Å²) in [6.45, 7) is 8.67. The van der Waals surface area contributed by atoms with Crippen molar-refractivity contribution in [2.75, 3.05) is 5.50 Å². The van der Waals surface area contributed by atoms with Gasteiger partial charge in [0.05, 0.1) is 0 Å². The van der Waals surface area contributed by atoms with E-state index in [4.69, 9.17) is 16.2 Å². The topological polar surface area (TPSA) is 35.5 Å². The second kappa shape index (κ2) is 4.64. The molecule has 0 rings (SSSR count). The molecule has 0 heterocycles. The van der Waals surface area contributed by atoms with Crippen LogP contribution < -0.4 is 0 Å². The van der Waals surface area contributed by atoms with Crippen molar-refractivity contribution in [2.45, 2.75) is 20.0 Å². The SMILES string of the molecule is C=C(C)C(=O)OO[Si](C)(C)CCl. The highest BCUT2D eigenvalue weighted by Gasteiger charge is 2.25. The number of rotatable bonds is 4. The standard InChI is InChI=1S/C7H13ClO3Si/c1-6(2)7(9)10-11-12(3,4)5-8/h1,5H2,2-4H3. The zero-order chi connectivity index (χ0) is 9.78. The van der Waals surface area contributed by atoms with Crippen molar-refractivity contribution in [1.82, 2.24) is 0 Å². The van der Waals surface area contributed by atoms with Crippen molar-refractivity contribution in [2.24, 2.45) is 0 Å². The van der Waals surface area contributed by atoms with Crippen LogP contribution in [0.3, 0.4) is 0 Å². The molecule has 0 radical (unpaired) electrons. The average Bonchev–Trinajstić information content (AvgIpc) is 2.00. The molecule has 0 spiro atoms. The van der Waals surface area contributed by atoms with Crippen molar-refractivity contribution >= 4 is 25.9 Å². The molecule has 0 aliphatic heterocycles. The average molecular weight is 209 g/mol. The Hall–Kier alpha value is -0.323. The largest absolute Gasteiger partial charge is 0.366 e. The van der Waals surface area contributed by atoms with E-state index in [1.807, 2.05) is 13.1 Å². The normalized spacial score (nSPS) is 11.0. The molecular weight excluding hydrogens is 196 g/mol. The molecule has 0 amide bonds. The molecule has 0 bridgehead atoms. The van der Waals surface area contributed by atoms with E-state index in [1.54, 1.807) is 6.92 Å². The van der Waals surface area contributed by atoms with Crippen molar-refractivity contribution in [1.29, 1.82) is 0 Å². The summed E-state index contributed by atoms with van der Waals surface area (Å²) in [4.78, 5) is 15.3. The molecule has 0 aliphatic carbocycles. The molecule has 0 saturated heterocycles. The maximum Gasteiger partial charge on any atom is 0.366 e. The Morgan fingerprint density at radius 3 is 2.42 bits per heavy atom. The van der Waals surface area contributed by atoms with Crippen LogP contribution in [-0.4, -0.2) is 19.8 Å². The van der Waals surface area contributed by atoms with Crippen LogP contribution in [0, 0.1) is 0 Å². The Balaban J connectivity index is 3.83. The second-order valence-corrected chi connectivity index (χ2v) is 7.88. The highest BCUT2D eigenvalue weighted by atomic mass is 35.5. The zero-order valence-corrected chi connectivity index (χ0v) is 9.27. The lowest BCUT2D eigenvalue weighted by molar-refractivity contribution is -0.214. The molecule has 12 heavy (non-hydrogen) atoms. The highest BCUT2D eigenvalue weighted by molar-refractivity contribution is 6.77. The quantitative estimate of drug-likeness (QED) is 0.233. The van der Waals surface area contributed by atoms with Gasteiger partial charge < -0.3 is 4.89 Å². The van der Waals surface area contributed by atoms with E-state index in [1.165, 1.54) is 0 Å². The summed E-state index contributed by atoms with van der Waals surface area (Å²) in [7, 11) is -2.00. The molecule has 0 aromatic carbocycles. The van der Waals surface area contributed by atoms with Gasteiger partial charge in [0.1, 0.15) is 0 Å². The van der Waals surface area contributed by atoms with Crippen LogP contribution in [0.25, 0.3) is 0 Å². The number of alkyl halides is 1. The third kappa shape index (κ3) is 4.53. The Bertz CT molecular complexity index is 191. The summed E-state index contributed by atoms with van der Waals surface area (Å²) in [5.41, 5.74) is 0.700. The van der Waals surface area contributed by atoms with E-state index in [0.29, 0.717) is 11.1 Å². The Kier molecular flexibility index (Phi) is 4.52. The monoisotopic (exact) mass is 208 g/mol. The fourth-order valence-corrected chi connectivity index (χ4v) is 0.723. The predicted molar refractivity (Wildman–Crippen MR) is 50.2 cm³/mol. The zero-order valence-electron chi connectivity index (χ0n) is 7.52. The lowest BCUT2D eigenvalue weighted by Gasteiger charge is -2.16. The minimum Gasteiger partial charge on any atom is -0.305 e. The van der Waals surface area contributed by atoms with Gasteiger partial charge in [-0.2, -0.15) is 0 Å². The van der Waals surface area contributed by atoms with Gasteiger partial charge in [0.25, 0.3) is 8.32 Å². The van der Waals surface area contributed by atoms with Crippen LogP contribution in [0.2, 0.25) is 13.1 Å². The third-order valence-electron chi connectivity index (χ3n) is 1.01. The molecule has 70 valence electrons. The molecule has 0 unspecified atom stereocenters. The third-order valence-corrected chi connectivity index (χ3v) is 4.12. The number of hydrogen-bond donors (Lipinski definition) is 0. The summed E-state index contributed by atoms with van der Waals surface area (Å²) in [6, 6.07) is 0. The van der Waals surface area contributed by atoms with Gasteiger partial charge in [-0.05, 0) is 20.0 Å². The number of carbonyl (C=O) groups excluding carboxylic acids is 1. The maximum absolute atomic E-state index is 10.8. The van der Waals surface area contributed by atoms with E-state index < -0.39 is 14.3 Å². The number of carbonyl (C=O) groups is 1. The van der Waals surface area contributed by atoms with Gasteiger partial charge in [-0.1, -0.05) is 6.58 Å². The molecule has 0 saturated carbocycles. The van der Waals surface area contributed by atoms with Gasteiger partial charge >= 0.3 is 5.97 Å². The molecule has 0 aliphatic rings. The van der Waals surface area contributed by atoms with E-state index in [9.17, 15) is 4.79 Å². The second-order valence-electron chi connectivity index (χ2n) is 3.13. The summed E-state index contributed by atoms with van der Waals surface area (Å²) >= 11 is 5.58. The summed E-state index contributed by atoms with van der Waals surface area (Å²) < 4.78 is 4.90. The lowest BCUT2D eigenvalue weighted by Crippen LogP contribution is -2.34. The first-order valence-corrected chi connectivity index (χ1v) is 7.15. The van der Waals surface area contributed by atoms with E-state index in [-0.39, 0.29) is 0 Å². The van der Waals surface area contributed by atoms with Crippen LogP contribution in [0.4, 0.5) is 0 Å². The summed E-state index contributed by atoms with van der Waals surface area (Å²) in [6.07, 6.45) is 0. The molecular formula is C7H13ClO3Si. The van der Waals surface area contributed by atoms with Crippen molar-refractivity contribution in [3.05, 3.63) is 12.2 Å². The Morgan fingerprint density at radius 2 is 2.08 bits per heavy atom. The first kappa shape index (κ1) is 11.7. The molecule has 0 aromatic heterocycles. The van der Waals surface area contributed by atoms with E-state index in [2.05, 4.69) is 11.5 Å². The van der Waals surface area contributed by atoms with Crippen molar-refractivity contribution in [3.8, 4) is 0 Å². The van der Waals surface area contributed by atoms with Crippen LogP contribution in [0.5, 0.6) is 0 Å². The Morgan fingerprint density at radius 1 is 1.58 bits per heavy atom. The van der Waals surface area contributed by atoms with Crippen molar-refractivity contribution in [3.63, 3.8) is 0 Å². The smallest absolute Gasteiger partial charge is 0.305 e. The molecule has 3 nitrogen and oxygen atoms in total. The van der Waals surface area contributed by atoms with Gasteiger partial charge in [-0.25, -0.2) is 9.37 Å². The molecule has 0 atom stereocenters.